The third kappa shape index (κ3) is 3.16. The normalized spacial score (nSPS) is 37.6. The molecule has 2 fully saturated rings. The number of hydrogen-bond acceptors (Lipinski definition) is 3. The second kappa shape index (κ2) is 5.28. The third-order valence-electron chi connectivity index (χ3n) is 3.84. The number of nitrogens with zero attached hydrogens (tertiary/aromatic N) is 1. The summed E-state index contributed by atoms with van der Waals surface area (Å²) in [5.41, 5.74) is 0. The van der Waals surface area contributed by atoms with E-state index in [2.05, 4.69) is 17.3 Å². The molecule has 2 heterocycles. The van der Waals surface area contributed by atoms with Crippen LogP contribution in [0.25, 0.3) is 0 Å². The molecule has 0 aromatic rings. The van der Waals surface area contributed by atoms with Crippen molar-refractivity contribution in [2.45, 2.75) is 25.3 Å². The van der Waals surface area contributed by atoms with E-state index >= 15 is 0 Å². The van der Waals surface area contributed by atoms with E-state index < -0.39 is 0 Å². The average Bonchev–Trinajstić information content (AvgIpc) is 2.78. The molecule has 0 aromatic carbocycles. The van der Waals surface area contributed by atoms with Gasteiger partial charge in [-0.15, -0.1) is 0 Å². The molecule has 0 bridgehead atoms. The van der Waals surface area contributed by atoms with E-state index in [4.69, 9.17) is 4.74 Å². The van der Waals surface area contributed by atoms with Gasteiger partial charge >= 0.3 is 0 Å². The third-order valence-corrected chi connectivity index (χ3v) is 3.84. The molecule has 0 saturated carbocycles. The zero-order chi connectivity index (χ0) is 10.7. The number of hydrogen-bond donors (Lipinski definition) is 1. The molecule has 3 atom stereocenters. The number of nitrogens with one attached hydrogen (secondary N) is 1. The highest BCUT2D eigenvalue weighted by Crippen LogP contribution is 2.27. The van der Waals surface area contributed by atoms with Crippen LogP contribution < -0.4 is 5.32 Å². The first kappa shape index (κ1) is 11.4. The summed E-state index contributed by atoms with van der Waals surface area (Å²) in [5.74, 6) is 1.84. The van der Waals surface area contributed by atoms with Crippen LogP contribution in [0.1, 0.15) is 19.3 Å². The lowest BCUT2D eigenvalue weighted by atomic mass is 9.92. The second-order valence-electron chi connectivity index (χ2n) is 5.31. The fourth-order valence-electron chi connectivity index (χ4n) is 3.10. The first-order chi connectivity index (χ1) is 7.28. The van der Waals surface area contributed by atoms with Gasteiger partial charge < -0.3 is 15.0 Å². The van der Waals surface area contributed by atoms with Gasteiger partial charge in [0.15, 0.2) is 0 Å². The molecule has 0 radical (unpaired) electrons. The Bertz CT molecular complexity index is 198. The highest BCUT2D eigenvalue weighted by atomic mass is 16.5. The Balaban J connectivity index is 1.68. The van der Waals surface area contributed by atoms with Gasteiger partial charge in [-0.25, -0.2) is 0 Å². The molecule has 0 spiro atoms. The molecule has 0 aliphatic carbocycles. The summed E-state index contributed by atoms with van der Waals surface area (Å²) in [7, 11) is 4.03. The molecule has 1 N–H and O–H groups in total. The zero-order valence-electron chi connectivity index (χ0n) is 10.0. The van der Waals surface area contributed by atoms with E-state index in [1.807, 2.05) is 0 Å². The summed E-state index contributed by atoms with van der Waals surface area (Å²) >= 11 is 0. The predicted octanol–water partition coefficient (Wildman–Crippen LogP) is 0.953. The van der Waals surface area contributed by atoms with Crippen LogP contribution in [0.4, 0.5) is 0 Å². The highest BCUT2D eigenvalue weighted by Gasteiger charge is 2.28. The number of rotatable bonds is 4. The van der Waals surface area contributed by atoms with Gasteiger partial charge in [-0.3, -0.25) is 0 Å². The molecule has 88 valence electrons. The fourth-order valence-corrected chi connectivity index (χ4v) is 3.10. The van der Waals surface area contributed by atoms with Crippen molar-refractivity contribution in [3.05, 3.63) is 0 Å². The second-order valence-corrected chi connectivity index (χ2v) is 5.31. The average molecular weight is 212 g/mol. The summed E-state index contributed by atoms with van der Waals surface area (Å²) in [6.45, 7) is 4.69. The Kier molecular flexibility index (Phi) is 4.00. The van der Waals surface area contributed by atoms with Gasteiger partial charge in [0.25, 0.3) is 0 Å². The van der Waals surface area contributed by atoms with E-state index in [1.165, 1.54) is 38.9 Å². The first-order valence-corrected chi connectivity index (χ1v) is 6.18. The number of likely N-dealkylation sites (tertiary alicyclic amines) is 1. The van der Waals surface area contributed by atoms with Gasteiger partial charge in [0.2, 0.25) is 0 Å². The van der Waals surface area contributed by atoms with Crippen LogP contribution in [-0.2, 0) is 4.74 Å². The lowest BCUT2D eigenvalue weighted by molar-refractivity contribution is 0.171. The first-order valence-electron chi connectivity index (χ1n) is 6.18. The molecular weight excluding hydrogens is 188 g/mol. The lowest BCUT2D eigenvalue weighted by Gasteiger charge is -2.15. The van der Waals surface area contributed by atoms with Crippen molar-refractivity contribution in [2.75, 3.05) is 40.4 Å². The van der Waals surface area contributed by atoms with E-state index in [0.29, 0.717) is 6.04 Å². The van der Waals surface area contributed by atoms with Gasteiger partial charge in [0, 0.05) is 19.7 Å². The molecule has 0 aromatic heterocycles. The van der Waals surface area contributed by atoms with Crippen molar-refractivity contribution in [3.63, 3.8) is 0 Å². The van der Waals surface area contributed by atoms with E-state index in [1.54, 1.807) is 7.11 Å². The molecule has 2 aliphatic rings. The molecule has 2 rings (SSSR count). The van der Waals surface area contributed by atoms with E-state index in [9.17, 15) is 0 Å². The van der Waals surface area contributed by atoms with Crippen molar-refractivity contribution in [2.24, 2.45) is 11.8 Å². The maximum Gasteiger partial charge on any atom is 0.0615 e. The molecule has 2 saturated heterocycles. The van der Waals surface area contributed by atoms with Crippen LogP contribution in [0.15, 0.2) is 0 Å². The summed E-state index contributed by atoms with van der Waals surface area (Å²) in [6.07, 6.45) is 4.13. The minimum Gasteiger partial charge on any atom is -0.383 e. The maximum absolute atomic E-state index is 5.19. The Hall–Kier alpha value is -0.120. The van der Waals surface area contributed by atoms with Gasteiger partial charge in [-0.1, -0.05) is 0 Å². The van der Waals surface area contributed by atoms with Gasteiger partial charge in [0.05, 0.1) is 6.61 Å². The standard InChI is InChI=1S/C12H24N2O/c1-14-4-3-10(8-14)5-11-6-12(9-15-2)13-7-11/h10-13H,3-9H2,1-2H3. The molecule has 3 unspecified atom stereocenters. The largest absolute Gasteiger partial charge is 0.383 e. The molecule has 3 nitrogen and oxygen atoms in total. The van der Waals surface area contributed by atoms with Gasteiger partial charge in [0.1, 0.15) is 0 Å². The topological polar surface area (TPSA) is 24.5 Å². The molecule has 2 aliphatic heterocycles. The monoisotopic (exact) mass is 212 g/mol. The molecule has 15 heavy (non-hydrogen) atoms. The summed E-state index contributed by atoms with van der Waals surface area (Å²) in [4.78, 5) is 2.46. The summed E-state index contributed by atoms with van der Waals surface area (Å²) in [6, 6.07) is 0.610. The Morgan fingerprint density at radius 2 is 2.27 bits per heavy atom. The number of ether oxygens (including phenoxy) is 1. The van der Waals surface area contributed by atoms with Gasteiger partial charge in [-0.05, 0) is 51.2 Å². The van der Waals surface area contributed by atoms with Crippen molar-refractivity contribution in [1.82, 2.24) is 10.2 Å². The van der Waals surface area contributed by atoms with Crippen LogP contribution in [0.5, 0.6) is 0 Å². The quantitative estimate of drug-likeness (QED) is 0.751. The van der Waals surface area contributed by atoms with E-state index in [-0.39, 0.29) is 0 Å². The maximum atomic E-state index is 5.19. The SMILES string of the molecule is COCC1CC(CC2CCN(C)C2)CN1. The Morgan fingerprint density at radius 1 is 1.40 bits per heavy atom. The van der Waals surface area contributed by atoms with E-state index in [0.717, 1.165) is 18.4 Å². The van der Waals surface area contributed by atoms with Crippen molar-refractivity contribution >= 4 is 0 Å². The minimum atomic E-state index is 0.610. The predicted molar refractivity (Wildman–Crippen MR) is 62.0 cm³/mol. The zero-order valence-corrected chi connectivity index (χ0v) is 10.0. The fraction of sp³-hybridized carbons (Fsp3) is 1.00. The molecule has 3 heteroatoms. The lowest BCUT2D eigenvalue weighted by Crippen LogP contribution is -2.25. The van der Waals surface area contributed by atoms with Crippen molar-refractivity contribution < 1.29 is 4.74 Å². The highest BCUT2D eigenvalue weighted by molar-refractivity contribution is 4.85. The van der Waals surface area contributed by atoms with Gasteiger partial charge in [-0.2, -0.15) is 0 Å². The Labute approximate surface area is 93.2 Å². The Morgan fingerprint density at radius 3 is 2.93 bits per heavy atom. The molecular formula is C12H24N2O. The van der Waals surface area contributed by atoms with Crippen molar-refractivity contribution in [1.29, 1.82) is 0 Å². The minimum absolute atomic E-state index is 0.610. The van der Waals surface area contributed by atoms with Crippen LogP contribution in [0.3, 0.4) is 0 Å². The van der Waals surface area contributed by atoms with Crippen LogP contribution >= 0.6 is 0 Å². The van der Waals surface area contributed by atoms with Crippen LogP contribution in [-0.4, -0.2) is 51.3 Å². The summed E-state index contributed by atoms with van der Waals surface area (Å²) < 4.78 is 5.19. The smallest absolute Gasteiger partial charge is 0.0615 e. The number of methoxy groups -OCH3 is 1. The molecule has 0 amide bonds. The van der Waals surface area contributed by atoms with Crippen LogP contribution in [0, 0.1) is 11.8 Å². The summed E-state index contributed by atoms with van der Waals surface area (Å²) in [5, 5.41) is 3.55. The van der Waals surface area contributed by atoms with Crippen molar-refractivity contribution in [3.8, 4) is 0 Å². The van der Waals surface area contributed by atoms with Crippen LogP contribution in [0.2, 0.25) is 0 Å².